The zero-order valence-electron chi connectivity index (χ0n) is 9.55. The molecule has 0 spiro atoms. The molecule has 0 radical (unpaired) electrons. The van der Waals surface area contributed by atoms with Crippen LogP contribution in [0.1, 0.15) is 18.9 Å². The van der Waals surface area contributed by atoms with Crippen molar-refractivity contribution in [2.45, 2.75) is 19.8 Å². The van der Waals surface area contributed by atoms with E-state index >= 15 is 0 Å². The van der Waals surface area contributed by atoms with Crippen LogP contribution in [0.3, 0.4) is 0 Å². The number of benzene rings is 1. The molecule has 1 amide bonds. The van der Waals surface area contributed by atoms with E-state index in [9.17, 15) is 4.79 Å². The molecule has 1 aromatic carbocycles. The predicted octanol–water partition coefficient (Wildman–Crippen LogP) is 2.83. The fourth-order valence-corrected chi connectivity index (χ4v) is 1.61. The molecule has 0 aliphatic rings. The molecule has 0 saturated heterocycles. The van der Waals surface area contributed by atoms with E-state index in [0.717, 1.165) is 23.4 Å². The van der Waals surface area contributed by atoms with Gasteiger partial charge in [-0.05, 0) is 30.2 Å². The van der Waals surface area contributed by atoms with Crippen LogP contribution in [-0.4, -0.2) is 18.9 Å². The number of halogens is 1. The number of methoxy groups -OCH3 is 1. The van der Waals surface area contributed by atoms with Gasteiger partial charge in [0.05, 0.1) is 7.11 Å². The highest BCUT2D eigenvalue weighted by Gasteiger charge is 2.05. The van der Waals surface area contributed by atoms with Crippen molar-refractivity contribution in [1.82, 2.24) is 0 Å². The summed E-state index contributed by atoms with van der Waals surface area (Å²) in [5, 5.41) is 2.79. The van der Waals surface area contributed by atoms with Crippen LogP contribution in [0.5, 0.6) is 5.75 Å². The number of nitrogens with one attached hydrogen (secondary N) is 1. The summed E-state index contributed by atoms with van der Waals surface area (Å²) in [7, 11) is 1.64. The van der Waals surface area contributed by atoms with E-state index in [2.05, 4.69) is 5.32 Å². The van der Waals surface area contributed by atoms with E-state index < -0.39 is 0 Å². The van der Waals surface area contributed by atoms with Crippen molar-refractivity contribution in [2.24, 2.45) is 0 Å². The first-order valence-electron chi connectivity index (χ1n) is 5.24. The summed E-state index contributed by atoms with van der Waals surface area (Å²) >= 11 is 5.49. The maximum absolute atomic E-state index is 11.3. The fourth-order valence-electron chi connectivity index (χ4n) is 1.44. The van der Waals surface area contributed by atoms with Crippen molar-refractivity contribution in [3.8, 4) is 5.75 Å². The van der Waals surface area contributed by atoms with Gasteiger partial charge in [-0.25, -0.2) is 0 Å². The largest absolute Gasteiger partial charge is 0.496 e. The Morgan fingerprint density at radius 2 is 2.25 bits per heavy atom. The Morgan fingerprint density at radius 1 is 1.50 bits per heavy atom. The maximum atomic E-state index is 11.3. The second-order valence-corrected chi connectivity index (χ2v) is 3.75. The molecule has 0 heterocycles. The molecule has 0 unspecified atom stereocenters. The molecule has 0 aromatic heterocycles. The number of rotatable bonds is 5. The molecule has 88 valence electrons. The standard InChI is InChI=1S/C12H16ClNO2/c1-3-9-8-10(4-5-11(9)16-2)14-12(15)6-7-13/h4-5,8H,3,6-7H2,1-2H3,(H,14,15). The van der Waals surface area contributed by atoms with E-state index in [0.29, 0.717) is 12.3 Å². The lowest BCUT2D eigenvalue weighted by atomic mass is 10.1. The first kappa shape index (κ1) is 12.8. The number of hydrogen-bond acceptors (Lipinski definition) is 2. The van der Waals surface area contributed by atoms with Gasteiger partial charge in [0.15, 0.2) is 0 Å². The van der Waals surface area contributed by atoms with Crippen LogP contribution in [0, 0.1) is 0 Å². The van der Waals surface area contributed by atoms with Gasteiger partial charge < -0.3 is 10.1 Å². The minimum atomic E-state index is -0.0674. The molecule has 3 nitrogen and oxygen atoms in total. The highest BCUT2D eigenvalue weighted by Crippen LogP contribution is 2.23. The number of carbonyl (C=O) groups excluding carboxylic acids is 1. The summed E-state index contributed by atoms with van der Waals surface area (Å²) in [5.74, 6) is 1.11. The zero-order chi connectivity index (χ0) is 12.0. The van der Waals surface area contributed by atoms with Crippen LogP contribution >= 0.6 is 11.6 Å². The summed E-state index contributed by atoms with van der Waals surface area (Å²) in [5.41, 5.74) is 1.86. The second-order valence-electron chi connectivity index (χ2n) is 3.37. The van der Waals surface area contributed by atoms with Gasteiger partial charge in [0, 0.05) is 18.0 Å². The average molecular weight is 242 g/mol. The van der Waals surface area contributed by atoms with Gasteiger partial charge in [-0.1, -0.05) is 6.92 Å². The normalized spacial score (nSPS) is 9.94. The van der Waals surface area contributed by atoms with E-state index in [1.807, 2.05) is 25.1 Å². The van der Waals surface area contributed by atoms with Gasteiger partial charge in [0.1, 0.15) is 5.75 Å². The molecular weight excluding hydrogens is 226 g/mol. The first-order valence-corrected chi connectivity index (χ1v) is 5.77. The maximum Gasteiger partial charge on any atom is 0.225 e. The molecule has 0 aliphatic carbocycles. The predicted molar refractivity (Wildman–Crippen MR) is 66.3 cm³/mol. The summed E-state index contributed by atoms with van der Waals surface area (Å²) in [6.07, 6.45) is 1.19. The number of anilines is 1. The van der Waals surface area contributed by atoms with E-state index in [-0.39, 0.29) is 5.91 Å². The molecular formula is C12H16ClNO2. The molecule has 1 aromatic rings. The Kier molecular flexibility index (Phi) is 5.12. The molecule has 0 fully saturated rings. The van der Waals surface area contributed by atoms with Gasteiger partial charge >= 0.3 is 0 Å². The highest BCUT2D eigenvalue weighted by atomic mass is 35.5. The summed E-state index contributed by atoms with van der Waals surface area (Å²) < 4.78 is 5.21. The molecule has 4 heteroatoms. The van der Waals surface area contributed by atoms with Crippen molar-refractivity contribution < 1.29 is 9.53 Å². The Balaban J connectivity index is 2.78. The third-order valence-corrected chi connectivity index (χ3v) is 2.46. The average Bonchev–Trinajstić information content (AvgIpc) is 2.29. The van der Waals surface area contributed by atoms with E-state index in [1.54, 1.807) is 7.11 Å². The number of carbonyl (C=O) groups is 1. The van der Waals surface area contributed by atoms with Crippen molar-refractivity contribution in [3.63, 3.8) is 0 Å². The molecule has 1 N–H and O–H groups in total. The number of alkyl halides is 1. The Morgan fingerprint density at radius 3 is 2.81 bits per heavy atom. The van der Waals surface area contributed by atoms with Crippen LogP contribution in [0.25, 0.3) is 0 Å². The lowest BCUT2D eigenvalue weighted by Gasteiger charge is -2.10. The van der Waals surface area contributed by atoms with Gasteiger partial charge in [-0.2, -0.15) is 0 Å². The quantitative estimate of drug-likeness (QED) is 0.805. The Bertz CT molecular complexity index is 366. The summed E-state index contributed by atoms with van der Waals surface area (Å²) in [6, 6.07) is 5.60. The van der Waals surface area contributed by atoms with Crippen molar-refractivity contribution in [3.05, 3.63) is 23.8 Å². The number of ether oxygens (including phenoxy) is 1. The smallest absolute Gasteiger partial charge is 0.225 e. The molecule has 0 bridgehead atoms. The van der Waals surface area contributed by atoms with Crippen LogP contribution in [0.15, 0.2) is 18.2 Å². The molecule has 1 rings (SSSR count). The van der Waals surface area contributed by atoms with Crippen molar-refractivity contribution in [2.75, 3.05) is 18.3 Å². The fraction of sp³-hybridized carbons (Fsp3) is 0.417. The zero-order valence-corrected chi connectivity index (χ0v) is 10.3. The second kappa shape index (κ2) is 6.38. The molecule has 16 heavy (non-hydrogen) atoms. The van der Waals surface area contributed by atoms with Crippen LogP contribution in [0.2, 0.25) is 0 Å². The minimum absolute atomic E-state index is 0.0674. The number of aryl methyl sites for hydroxylation is 1. The first-order chi connectivity index (χ1) is 7.71. The lowest BCUT2D eigenvalue weighted by Crippen LogP contribution is -2.11. The Hall–Kier alpha value is -1.22. The van der Waals surface area contributed by atoms with Gasteiger partial charge in [-0.3, -0.25) is 4.79 Å². The molecule has 0 saturated carbocycles. The van der Waals surface area contributed by atoms with Crippen molar-refractivity contribution in [1.29, 1.82) is 0 Å². The van der Waals surface area contributed by atoms with Crippen LogP contribution < -0.4 is 10.1 Å². The van der Waals surface area contributed by atoms with Gasteiger partial charge in [0.2, 0.25) is 5.91 Å². The monoisotopic (exact) mass is 241 g/mol. The van der Waals surface area contributed by atoms with Gasteiger partial charge in [0.25, 0.3) is 0 Å². The third kappa shape index (κ3) is 3.42. The number of amides is 1. The SMILES string of the molecule is CCc1cc(NC(=O)CCCl)ccc1OC. The summed E-state index contributed by atoms with van der Waals surface area (Å²) in [4.78, 5) is 11.3. The van der Waals surface area contributed by atoms with Crippen LogP contribution in [-0.2, 0) is 11.2 Å². The Labute approximate surface area is 101 Å². The lowest BCUT2D eigenvalue weighted by molar-refractivity contribution is -0.115. The topological polar surface area (TPSA) is 38.3 Å². The third-order valence-electron chi connectivity index (χ3n) is 2.27. The van der Waals surface area contributed by atoms with Crippen molar-refractivity contribution >= 4 is 23.2 Å². The highest BCUT2D eigenvalue weighted by molar-refractivity contribution is 6.19. The summed E-state index contributed by atoms with van der Waals surface area (Å²) in [6.45, 7) is 2.04. The number of hydrogen-bond donors (Lipinski definition) is 1. The minimum Gasteiger partial charge on any atom is -0.496 e. The molecule has 0 atom stereocenters. The van der Waals surface area contributed by atoms with E-state index in [1.165, 1.54) is 0 Å². The van der Waals surface area contributed by atoms with Gasteiger partial charge in [-0.15, -0.1) is 11.6 Å². The van der Waals surface area contributed by atoms with E-state index in [4.69, 9.17) is 16.3 Å². The molecule has 0 aliphatic heterocycles. The van der Waals surface area contributed by atoms with Crippen LogP contribution in [0.4, 0.5) is 5.69 Å².